The standard InChI is InChI=1S/C9H11NO2.C2H6/c1-6(2)7-3-9(12)8(5-11)10-4-7;1-2/h3-6,12H,1-2H3;1-2H3. The second kappa shape index (κ2) is 6.13. The molecule has 0 aliphatic carbocycles. The van der Waals surface area contributed by atoms with E-state index < -0.39 is 0 Å². The Hall–Kier alpha value is -1.38. The summed E-state index contributed by atoms with van der Waals surface area (Å²) in [5.41, 5.74) is 1.03. The van der Waals surface area contributed by atoms with Crippen LogP contribution in [-0.2, 0) is 0 Å². The fraction of sp³-hybridized carbons (Fsp3) is 0.455. The van der Waals surface area contributed by atoms with Crippen LogP contribution in [0.4, 0.5) is 0 Å². The quantitative estimate of drug-likeness (QED) is 0.738. The zero-order valence-corrected chi connectivity index (χ0v) is 9.11. The topological polar surface area (TPSA) is 50.2 Å². The van der Waals surface area contributed by atoms with Crippen molar-refractivity contribution >= 4 is 6.29 Å². The SMILES string of the molecule is CC.CC(C)c1cnc(C=O)c(O)c1. The van der Waals surface area contributed by atoms with Gasteiger partial charge in [-0.3, -0.25) is 4.79 Å². The van der Waals surface area contributed by atoms with Gasteiger partial charge in [0.1, 0.15) is 11.4 Å². The Morgan fingerprint density at radius 1 is 1.43 bits per heavy atom. The van der Waals surface area contributed by atoms with Crippen molar-refractivity contribution in [1.82, 2.24) is 4.98 Å². The summed E-state index contributed by atoms with van der Waals surface area (Å²) in [7, 11) is 0. The lowest BCUT2D eigenvalue weighted by Gasteiger charge is -2.05. The number of hydrogen-bond donors (Lipinski definition) is 1. The van der Waals surface area contributed by atoms with Gasteiger partial charge in [-0.25, -0.2) is 4.98 Å². The zero-order chi connectivity index (χ0) is 11.1. The van der Waals surface area contributed by atoms with Crippen molar-refractivity contribution in [3.63, 3.8) is 0 Å². The first-order valence-corrected chi connectivity index (χ1v) is 4.79. The number of aromatic nitrogens is 1. The average molecular weight is 195 g/mol. The summed E-state index contributed by atoms with van der Waals surface area (Å²) in [4.78, 5) is 14.1. The molecule has 0 radical (unpaired) electrons. The van der Waals surface area contributed by atoms with E-state index in [0.29, 0.717) is 12.2 Å². The van der Waals surface area contributed by atoms with Gasteiger partial charge in [-0.05, 0) is 17.5 Å². The van der Waals surface area contributed by atoms with E-state index in [1.54, 1.807) is 12.3 Å². The van der Waals surface area contributed by atoms with Gasteiger partial charge in [0.25, 0.3) is 0 Å². The number of nitrogens with zero attached hydrogens (tertiary/aromatic N) is 1. The molecule has 1 N–H and O–H groups in total. The molecular weight excluding hydrogens is 178 g/mol. The second-order valence-electron chi connectivity index (χ2n) is 2.95. The third kappa shape index (κ3) is 3.17. The largest absolute Gasteiger partial charge is 0.506 e. The van der Waals surface area contributed by atoms with E-state index >= 15 is 0 Å². The summed E-state index contributed by atoms with van der Waals surface area (Å²) in [5.74, 6) is 0.264. The minimum absolute atomic E-state index is 0.0452. The summed E-state index contributed by atoms with van der Waals surface area (Å²) in [6.45, 7) is 7.99. The van der Waals surface area contributed by atoms with E-state index in [2.05, 4.69) is 4.98 Å². The maximum atomic E-state index is 10.3. The van der Waals surface area contributed by atoms with Crippen LogP contribution in [0.5, 0.6) is 5.75 Å². The fourth-order valence-electron chi connectivity index (χ4n) is 0.886. The highest BCUT2D eigenvalue weighted by molar-refractivity contribution is 5.75. The van der Waals surface area contributed by atoms with E-state index in [-0.39, 0.29) is 11.4 Å². The molecule has 0 aliphatic rings. The van der Waals surface area contributed by atoms with Crippen molar-refractivity contribution in [3.8, 4) is 5.75 Å². The lowest BCUT2D eigenvalue weighted by atomic mass is 10.1. The molecule has 0 fully saturated rings. The summed E-state index contributed by atoms with van der Waals surface area (Å²) in [5, 5.41) is 9.25. The molecule has 0 bridgehead atoms. The molecule has 0 saturated heterocycles. The van der Waals surface area contributed by atoms with Crippen LogP contribution in [0.3, 0.4) is 0 Å². The Morgan fingerprint density at radius 3 is 2.36 bits per heavy atom. The highest BCUT2D eigenvalue weighted by atomic mass is 16.3. The first kappa shape index (κ1) is 12.6. The molecule has 0 atom stereocenters. The van der Waals surface area contributed by atoms with Gasteiger partial charge in [0.05, 0.1) is 0 Å². The van der Waals surface area contributed by atoms with Crippen molar-refractivity contribution in [1.29, 1.82) is 0 Å². The highest BCUT2D eigenvalue weighted by Crippen LogP contribution is 2.19. The average Bonchev–Trinajstić information content (AvgIpc) is 2.20. The summed E-state index contributed by atoms with van der Waals surface area (Å²) in [6, 6.07) is 1.57. The molecule has 0 saturated carbocycles. The van der Waals surface area contributed by atoms with E-state index in [1.165, 1.54) is 0 Å². The molecule has 0 amide bonds. The monoisotopic (exact) mass is 195 g/mol. The lowest BCUT2D eigenvalue weighted by Crippen LogP contribution is -1.93. The van der Waals surface area contributed by atoms with Crippen LogP contribution in [0.25, 0.3) is 0 Å². The molecule has 3 nitrogen and oxygen atoms in total. The van der Waals surface area contributed by atoms with Crippen LogP contribution in [0.15, 0.2) is 12.3 Å². The number of carbonyl (C=O) groups excluding carboxylic acids is 1. The molecule has 0 aliphatic heterocycles. The Kier molecular flexibility index (Phi) is 5.53. The lowest BCUT2D eigenvalue weighted by molar-refractivity contribution is 0.111. The van der Waals surface area contributed by atoms with Gasteiger partial charge in [0.15, 0.2) is 6.29 Å². The van der Waals surface area contributed by atoms with E-state index in [1.807, 2.05) is 27.7 Å². The van der Waals surface area contributed by atoms with E-state index in [0.717, 1.165) is 5.56 Å². The Bertz CT molecular complexity index is 295. The molecule has 0 aromatic carbocycles. The van der Waals surface area contributed by atoms with Crippen molar-refractivity contribution in [2.24, 2.45) is 0 Å². The molecule has 1 aromatic heterocycles. The van der Waals surface area contributed by atoms with Gasteiger partial charge in [-0.1, -0.05) is 27.7 Å². The van der Waals surface area contributed by atoms with Crippen molar-refractivity contribution in [3.05, 3.63) is 23.5 Å². The number of pyridine rings is 1. The number of aromatic hydroxyl groups is 1. The van der Waals surface area contributed by atoms with Crippen LogP contribution in [0.1, 0.15) is 49.7 Å². The fourth-order valence-corrected chi connectivity index (χ4v) is 0.886. The number of hydrogen-bond acceptors (Lipinski definition) is 3. The molecule has 3 heteroatoms. The van der Waals surface area contributed by atoms with Gasteiger partial charge in [0, 0.05) is 6.20 Å². The van der Waals surface area contributed by atoms with E-state index in [4.69, 9.17) is 0 Å². The molecule has 78 valence electrons. The molecule has 1 heterocycles. The third-order valence-corrected chi connectivity index (χ3v) is 1.70. The molecule has 1 rings (SSSR count). The van der Waals surface area contributed by atoms with Crippen LogP contribution >= 0.6 is 0 Å². The number of carbonyl (C=O) groups is 1. The highest BCUT2D eigenvalue weighted by Gasteiger charge is 2.04. The maximum Gasteiger partial charge on any atom is 0.172 e. The summed E-state index contributed by atoms with van der Waals surface area (Å²) in [6.07, 6.45) is 2.15. The van der Waals surface area contributed by atoms with Gasteiger partial charge in [-0.15, -0.1) is 0 Å². The summed E-state index contributed by atoms with van der Waals surface area (Å²) >= 11 is 0. The predicted molar refractivity (Wildman–Crippen MR) is 56.7 cm³/mol. The van der Waals surface area contributed by atoms with Crippen LogP contribution in [0.2, 0.25) is 0 Å². The van der Waals surface area contributed by atoms with Gasteiger partial charge in [0.2, 0.25) is 0 Å². The Morgan fingerprint density at radius 2 is 2.00 bits per heavy atom. The second-order valence-corrected chi connectivity index (χ2v) is 2.95. The summed E-state index contributed by atoms with van der Waals surface area (Å²) < 4.78 is 0. The van der Waals surface area contributed by atoms with Crippen LogP contribution in [-0.4, -0.2) is 16.4 Å². The van der Waals surface area contributed by atoms with E-state index in [9.17, 15) is 9.90 Å². The third-order valence-electron chi connectivity index (χ3n) is 1.70. The molecule has 0 unspecified atom stereocenters. The number of rotatable bonds is 2. The maximum absolute atomic E-state index is 10.3. The minimum atomic E-state index is -0.0452. The van der Waals surface area contributed by atoms with Crippen molar-refractivity contribution in [2.75, 3.05) is 0 Å². The van der Waals surface area contributed by atoms with Gasteiger partial charge < -0.3 is 5.11 Å². The van der Waals surface area contributed by atoms with Crippen molar-refractivity contribution in [2.45, 2.75) is 33.6 Å². The molecule has 14 heavy (non-hydrogen) atoms. The number of aldehydes is 1. The molecular formula is C11H17NO2. The Balaban J connectivity index is 0.000000791. The zero-order valence-electron chi connectivity index (χ0n) is 9.11. The predicted octanol–water partition coefficient (Wildman–Crippen LogP) is 2.75. The molecule has 1 aromatic rings. The smallest absolute Gasteiger partial charge is 0.172 e. The van der Waals surface area contributed by atoms with Crippen LogP contribution < -0.4 is 0 Å². The Labute approximate surface area is 84.8 Å². The minimum Gasteiger partial charge on any atom is -0.506 e. The first-order chi connectivity index (χ1) is 6.65. The van der Waals surface area contributed by atoms with Crippen molar-refractivity contribution < 1.29 is 9.90 Å². The molecule has 0 spiro atoms. The first-order valence-electron chi connectivity index (χ1n) is 4.79. The van der Waals surface area contributed by atoms with Gasteiger partial charge >= 0.3 is 0 Å². The normalized spacial score (nSPS) is 9.21. The van der Waals surface area contributed by atoms with Gasteiger partial charge in [-0.2, -0.15) is 0 Å². The van der Waals surface area contributed by atoms with Crippen LogP contribution in [0, 0.1) is 0 Å².